The average Bonchev–Trinajstić information content (AvgIpc) is 3.09. The summed E-state index contributed by atoms with van der Waals surface area (Å²) in [6.45, 7) is 5.34. The molecule has 0 saturated carbocycles. The fourth-order valence-electron chi connectivity index (χ4n) is 3.73. The van der Waals surface area contributed by atoms with Crippen LogP contribution in [0.25, 0.3) is 0 Å². The van der Waals surface area contributed by atoms with Crippen molar-refractivity contribution in [1.82, 2.24) is 15.0 Å². The summed E-state index contributed by atoms with van der Waals surface area (Å²) in [7, 11) is 0. The van der Waals surface area contributed by atoms with Crippen molar-refractivity contribution in [1.29, 1.82) is 0 Å². The number of carbonyl (C=O) groups is 1. The predicted molar refractivity (Wildman–Crippen MR) is 95.9 cm³/mol. The van der Waals surface area contributed by atoms with Crippen molar-refractivity contribution < 1.29 is 14.4 Å². The summed E-state index contributed by atoms with van der Waals surface area (Å²) in [6, 6.07) is 5.45. The standard InChI is InChI=1S/C19H24N4O3/c1-13-3-2-6-22(9-13)18-7-14(4-5-20-18)19(25)23-10-15(11-23)17-8-16(12-24)26-21-17/h4-5,7-8,13,15,24H,2-3,6,9-12H2,1H3. The maximum Gasteiger partial charge on any atom is 0.254 e. The lowest BCUT2D eigenvalue weighted by Crippen LogP contribution is -2.48. The minimum Gasteiger partial charge on any atom is -0.388 e. The van der Waals surface area contributed by atoms with E-state index in [2.05, 4.69) is 22.0 Å². The predicted octanol–water partition coefficient (Wildman–Crippen LogP) is 2.04. The van der Waals surface area contributed by atoms with Crippen LogP contribution in [0.4, 0.5) is 5.82 Å². The Bertz CT molecular complexity index is 785. The molecule has 7 nitrogen and oxygen atoms in total. The molecular formula is C19H24N4O3. The molecule has 1 N–H and O–H groups in total. The van der Waals surface area contributed by atoms with Gasteiger partial charge in [0.1, 0.15) is 12.4 Å². The molecule has 0 bridgehead atoms. The van der Waals surface area contributed by atoms with Gasteiger partial charge in [-0.15, -0.1) is 0 Å². The minimum atomic E-state index is -0.155. The number of hydrogen-bond donors (Lipinski definition) is 1. The molecule has 1 unspecified atom stereocenters. The number of rotatable bonds is 4. The summed E-state index contributed by atoms with van der Waals surface area (Å²) < 4.78 is 5.03. The Kier molecular flexibility index (Phi) is 4.63. The van der Waals surface area contributed by atoms with Crippen LogP contribution in [0.1, 0.15) is 47.5 Å². The lowest BCUT2D eigenvalue weighted by molar-refractivity contribution is 0.0595. The number of aliphatic hydroxyl groups is 1. The second-order valence-corrected chi connectivity index (χ2v) is 7.38. The third kappa shape index (κ3) is 3.31. The maximum absolute atomic E-state index is 12.8. The highest BCUT2D eigenvalue weighted by molar-refractivity contribution is 5.95. The van der Waals surface area contributed by atoms with Crippen LogP contribution in [-0.2, 0) is 6.61 Å². The summed E-state index contributed by atoms with van der Waals surface area (Å²) in [4.78, 5) is 21.3. The van der Waals surface area contributed by atoms with Crippen molar-refractivity contribution in [2.75, 3.05) is 31.1 Å². The minimum absolute atomic E-state index is 0.0286. The van der Waals surface area contributed by atoms with Gasteiger partial charge in [0.2, 0.25) is 0 Å². The lowest BCUT2D eigenvalue weighted by Gasteiger charge is -2.38. The number of aliphatic hydroxyl groups excluding tert-OH is 1. The first-order valence-corrected chi connectivity index (χ1v) is 9.20. The summed E-state index contributed by atoms with van der Waals surface area (Å²) in [5.41, 5.74) is 1.48. The zero-order chi connectivity index (χ0) is 18.1. The Balaban J connectivity index is 1.40. The Morgan fingerprint density at radius 1 is 1.35 bits per heavy atom. The second kappa shape index (κ2) is 7.07. The van der Waals surface area contributed by atoms with Crippen molar-refractivity contribution in [3.63, 3.8) is 0 Å². The largest absolute Gasteiger partial charge is 0.388 e. The van der Waals surface area contributed by atoms with Gasteiger partial charge in [-0.2, -0.15) is 0 Å². The molecule has 0 aliphatic carbocycles. The zero-order valence-electron chi connectivity index (χ0n) is 15.0. The molecule has 2 aromatic rings. The quantitative estimate of drug-likeness (QED) is 0.903. The smallest absolute Gasteiger partial charge is 0.254 e. The van der Waals surface area contributed by atoms with E-state index in [1.165, 1.54) is 12.8 Å². The van der Waals surface area contributed by atoms with Crippen LogP contribution in [0.2, 0.25) is 0 Å². The SMILES string of the molecule is CC1CCCN(c2cc(C(=O)N3CC(c4cc(CO)on4)C3)ccn2)C1. The molecule has 2 aliphatic rings. The summed E-state index contributed by atoms with van der Waals surface area (Å²) in [6.07, 6.45) is 4.15. The number of nitrogens with zero attached hydrogens (tertiary/aromatic N) is 4. The van der Waals surface area contributed by atoms with Crippen molar-refractivity contribution in [3.8, 4) is 0 Å². The molecule has 2 fully saturated rings. The lowest BCUT2D eigenvalue weighted by atomic mass is 9.95. The van der Waals surface area contributed by atoms with Crippen LogP contribution in [0.3, 0.4) is 0 Å². The van der Waals surface area contributed by atoms with E-state index in [4.69, 9.17) is 9.63 Å². The Hall–Kier alpha value is -2.41. The van der Waals surface area contributed by atoms with E-state index >= 15 is 0 Å². The summed E-state index contributed by atoms with van der Waals surface area (Å²) >= 11 is 0. The van der Waals surface area contributed by atoms with Crippen LogP contribution in [0.5, 0.6) is 0 Å². The molecule has 7 heteroatoms. The van der Waals surface area contributed by atoms with Crippen molar-refractivity contribution in [2.24, 2.45) is 5.92 Å². The molecule has 2 aliphatic heterocycles. The molecule has 0 spiro atoms. The van der Waals surface area contributed by atoms with Gasteiger partial charge in [0.15, 0.2) is 5.76 Å². The van der Waals surface area contributed by atoms with Crippen LogP contribution in [0, 0.1) is 5.92 Å². The average molecular weight is 356 g/mol. The van der Waals surface area contributed by atoms with E-state index in [1.807, 2.05) is 11.0 Å². The molecule has 0 radical (unpaired) electrons. The number of anilines is 1. The Morgan fingerprint density at radius 3 is 2.92 bits per heavy atom. The number of amides is 1. The molecule has 1 amide bonds. The van der Waals surface area contributed by atoms with Crippen molar-refractivity contribution in [3.05, 3.63) is 41.4 Å². The normalized spacial score (nSPS) is 20.9. The van der Waals surface area contributed by atoms with Gasteiger partial charge in [0.25, 0.3) is 5.91 Å². The molecule has 26 heavy (non-hydrogen) atoms. The highest BCUT2D eigenvalue weighted by Crippen LogP contribution is 2.29. The van der Waals surface area contributed by atoms with Crippen molar-refractivity contribution in [2.45, 2.75) is 32.3 Å². The molecule has 4 rings (SSSR count). The summed E-state index contributed by atoms with van der Waals surface area (Å²) in [5, 5.41) is 13.0. The second-order valence-electron chi connectivity index (χ2n) is 7.38. The van der Waals surface area contributed by atoms with Gasteiger partial charge in [-0.3, -0.25) is 4.79 Å². The molecule has 2 saturated heterocycles. The van der Waals surface area contributed by atoms with Crippen LogP contribution in [0.15, 0.2) is 28.9 Å². The number of aromatic nitrogens is 2. The maximum atomic E-state index is 12.8. The van der Waals surface area contributed by atoms with E-state index in [-0.39, 0.29) is 18.4 Å². The third-order valence-electron chi connectivity index (χ3n) is 5.29. The molecule has 4 heterocycles. The number of piperidine rings is 1. The Morgan fingerprint density at radius 2 is 2.19 bits per heavy atom. The topological polar surface area (TPSA) is 82.7 Å². The van der Waals surface area contributed by atoms with Crippen molar-refractivity contribution >= 4 is 11.7 Å². The van der Waals surface area contributed by atoms with Gasteiger partial charge < -0.3 is 19.4 Å². The molecule has 0 aromatic carbocycles. The van der Waals surface area contributed by atoms with Gasteiger partial charge in [0.05, 0.1) is 5.69 Å². The fourth-order valence-corrected chi connectivity index (χ4v) is 3.73. The van der Waals surface area contributed by atoms with E-state index in [1.54, 1.807) is 18.3 Å². The first kappa shape index (κ1) is 17.0. The van der Waals surface area contributed by atoms with E-state index in [0.29, 0.717) is 30.3 Å². The third-order valence-corrected chi connectivity index (χ3v) is 5.29. The molecular weight excluding hydrogens is 332 g/mol. The fraction of sp³-hybridized carbons (Fsp3) is 0.526. The van der Waals surface area contributed by atoms with Gasteiger partial charge in [-0.25, -0.2) is 4.98 Å². The van der Waals surface area contributed by atoms with E-state index in [0.717, 1.165) is 24.6 Å². The highest BCUT2D eigenvalue weighted by atomic mass is 16.5. The van der Waals surface area contributed by atoms with Gasteiger partial charge in [-0.1, -0.05) is 12.1 Å². The first-order valence-electron chi connectivity index (χ1n) is 9.20. The zero-order valence-corrected chi connectivity index (χ0v) is 15.0. The number of pyridine rings is 1. The number of likely N-dealkylation sites (tertiary alicyclic amines) is 1. The monoisotopic (exact) mass is 356 g/mol. The first-order chi connectivity index (χ1) is 12.6. The van der Waals surface area contributed by atoms with Crippen LogP contribution in [-0.4, -0.2) is 52.2 Å². The summed E-state index contributed by atoms with van der Waals surface area (Å²) in [5.74, 6) is 2.21. The number of carbonyl (C=O) groups excluding carboxylic acids is 1. The van der Waals surface area contributed by atoms with Gasteiger partial charge >= 0.3 is 0 Å². The van der Waals surface area contributed by atoms with Crippen LogP contribution >= 0.6 is 0 Å². The number of hydrogen-bond acceptors (Lipinski definition) is 6. The van der Waals surface area contributed by atoms with Gasteiger partial charge in [-0.05, 0) is 30.9 Å². The van der Waals surface area contributed by atoms with E-state index < -0.39 is 0 Å². The van der Waals surface area contributed by atoms with Gasteiger partial charge in [0, 0.05) is 49.9 Å². The van der Waals surface area contributed by atoms with E-state index in [9.17, 15) is 4.79 Å². The molecule has 2 aromatic heterocycles. The Labute approximate surface area is 152 Å². The molecule has 1 atom stereocenters. The molecule has 138 valence electrons. The van der Waals surface area contributed by atoms with Crippen LogP contribution < -0.4 is 4.90 Å². The highest BCUT2D eigenvalue weighted by Gasteiger charge is 2.34.